The van der Waals surface area contributed by atoms with Crippen LogP contribution in [0.3, 0.4) is 0 Å². The molecule has 0 bridgehead atoms. The van der Waals surface area contributed by atoms with Gasteiger partial charge in [0, 0.05) is 27.4 Å². The van der Waals surface area contributed by atoms with E-state index in [1.54, 1.807) is 27.4 Å². The van der Waals surface area contributed by atoms with Crippen LogP contribution in [0.25, 0.3) is 6.08 Å². The lowest BCUT2D eigenvalue weighted by molar-refractivity contribution is -0.113. The van der Waals surface area contributed by atoms with Gasteiger partial charge in [-0.15, -0.1) is 0 Å². The Balaban J connectivity index is 3.04. The maximum absolute atomic E-state index is 10.7. The first-order chi connectivity index (χ1) is 10.0. The van der Waals surface area contributed by atoms with Gasteiger partial charge in [0.15, 0.2) is 0 Å². The van der Waals surface area contributed by atoms with Crippen LogP contribution in [0.2, 0.25) is 0 Å². The molecule has 1 aromatic carbocycles. The lowest BCUT2D eigenvalue weighted by atomic mass is 10.1. The fourth-order valence-electron chi connectivity index (χ4n) is 2.38. The van der Waals surface area contributed by atoms with Crippen LogP contribution in [-0.2, 0) is 18.1 Å². The molecule has 0 aliphatic heterocycles. The van der Waals surface area contributed by atoms with Crippen molar-refractivity contribution < 1.29 is 18.1 Å². The molecule has 0 saturated carbocycles. The Kier molecular flexibility index (Phi) is 6.77. The Bertz CT molecular complexity index is 475. The van der Waals surface area contributed by atoms with Crippen LogP contribution < -0.4 is 5.73 Å². The summed E-state index contributed by atoms with van der Waals surface area (Å²) in [6.45, 7) is 2.07. The minimum absolute atomic E-state index is 0.0617. The molecule has 1 atom stereocenters. The number of carbonyl (C=O) groups excluding carboxylic acids is 1. The summed E-state index contributed by atoms with van der Waals surface area (Å²) in [5.41, 5.74) is 7.14. The van der Waals surface area contributed by atoms with E-state index in [-0.39, 0.29) is 5.54 Å². The first-order valence-electron chi connectivity index (χ1n) is 6.75. The molecule has 0 heterocycles. The number of amides is 1. The van der Waals surface area contributed by atoms with Crippen molar-refractivity contribution in [3.63, 3.8) is 0 Å². The molecule has 0 radical (unpaired) electrons. The van der Waals surface area contributed by atoms with Gasteiger partial charge >= 0.3 is 8.80 Å². The summed E-state index contributed by atoms with van der Waals surface area (Å²) in [7, 11) is 2.12. The molecule has 1 amide bonds. The fourth-order valence-corrected chi connectivity index (χ4v) is 4.84. The van der Waals surface area contributed by atoms with Crippen LogP contribution in [0, 0.1) is 0 Å². The zero-order valence-electron chi connectivity index (χ0n) is 13.0. The number of benzene rings is 1. The van der Waals surface area contributed by atoms with Crippen LogP contribution in [0.4, 0.5) is 0 Å². The Morgan fingerprint density at radius 1 is 1.19 bits per heavy atom. The molecule has 5 nitrogen and oxygen atoms in total. The van der Waals surface area contributed by atoms with Crippen molar-refractivity contribution in [2.45, 2.75) is 18.9 Å². The first kappa shape index (κ1) is 17.6. The van der Waals surface area contributed by atoms with Crippen molar-refractivity contribution >= 4 is 20.8 Å². The van der Waals surface area contributed by atoms with Crippen molar-refractivity contribution in [3.8, 4) is 0 Å². The molecular formula is C15H23NO4Si. The summed E-state index contributed by atoms with van der Waals surface area (Å²) < 4.78 is 16.7. The van der Waals surface area contributed by atoms with E-state index >= 15 is 0 Å². The number of carbonyl (C=O) groups is 1. The van der Waals surface area contributed by atoms with E-state index in [2.05, 4.69) is 6.92 Å². The minimum atomic E-state index is -2.73. The van der Waals surface area contributed by atoms with Gasteiger partial charge in [0.1, 0.15) is 0 Å². The summed E-state index contributed by atoms with van der Waals surface area (Å²) in [4.78, 5) is 10.7. The SMILES string of the molecule is CCC(c1ccc(C=CC(N)=O)cc1)[Si](OC)(OC)OC. The molecule has 0 aliphatic rings. The molecule has 1 rings (SSSR count). The van der Waals surface area contributed by atoms with Crippen LogP contribution in [0.1, 0.15) is 30.0 Å². The normalized spacial score (nSPS) is 13.5. The molecule has 1 aromatic rings. The maximum atomic E-state index is 10.7. The number of hydrogen-bond acceptors (Lipinski definition) is 4. The van der Waals surface area contributed by atoms with Crippen molar-refractivity contribution in [2.75, 3.05) is 21.3 Å². The summed E-state index contributed by atoms with van der Waals surface area (Å²) in [5, 5.41) is 0. The predicted octanol–water partition coefficient (Wildman–Crippen LogP) is 2.10. The van der Waals surface area contributed by atoms with Gasteiger partial charge in [-0.1, -0.05) is 31.2 Å². The van der Waals surface area contributed by atoms with Gasteiger partial charge in [0.05, 0.1) is 5.54 Å². The molecule has 0 fully saturated rings. The van der Waals surface area contributed by atoms with Gasteiger partial charge in [0.25, 0.3) is 0 Å². The maximum Gasteiger partial charge on any atom is 0.508 e. The summed E-state index contributed by atoms with van der Waals surface area (Å²) in [5.74, 6) is -0.463. The minimum Gasteiger partial charge on any atom is -0.376 e. The Morgan fingerprint density at radius 2 is 1.71 bits per heavy atom. The third-order valence-corrected chi connectivity index (χ3v) is 6.77. The molecule has 2 N–H and O–H groups in total. The van der Waals surface area contributed by atoms with E-state index in [0.717, 1.165) is 17.5 Å². The highest BCUT2D eigenvalue weighted by atomic mass is 28.4. The average molecular weight is 309 g/mol. The van der Waals surface area contributed by atoms with Crippen LogP contribution >= 0.6 is 0 Å². The van der Waals surface area contributed by atoms with Crippen molar-refractivity contribution in [1.82, 2.24) is 0 Å². The highest BCUT2D eigenvalue weighted by Gasteiger charge is 2.47. The van der Waals surface area contributed by atoms with Gasteiger partial charge in [-0.3, -0.25) is 4.79 Å². The molecule has 0 saturated heterocycles. The molecule has 6 heteroatoms. The molecular weight excluding hydrogens is 286 g/mol. The molecule has 1 unspecified atom stereocenters. The third kappa shape index (κ3) is 4.24. The number of rotatable bonds is 8. The Morgan fingerprint density at radius 3 is 2.10 bits per heavy atom. The van der Waals surface area contributed by atoms with E-state index in [0.29, 0.717) is 0 Å². The monoisotopic (exact) mass is 309 g/mol. The second-order valence-electron chi connectivity index (χ2n) is 4.58. The largest absolute Gasteiger partial charge is 0.508 e. The lowest BCUT2D eigenvalue weighted by Gasteiger charge is -2.32. The zero-order chi connectivity index (χ0) is 15.9. The second kappa shape index (κ2) is 8.09. The summed E-state index contributed by atoms with van der Waals surface area (Å²) in [6, 6.07) is 7.84. The van der Waals surface area contributed by atoms with Crippen LogP contribution in [0.5, 0.6) is 0 Å². The second-order valence-corrected chi connectivity index (χ2v) is 7.71. The van der Waals surface area contributed by atoms with Gasteiger partial charge < -0.3 is 19.0 Å². The van der Waals surface area contributed by atoms with E-state index in [1.807, 2.05) is 24.3 Å². The van der Waals surface area contributed by atoms with Crippen molar-refractivity contribution in [1.29, 1.82) is 0 Å². The molecule has 0 aliphatic carbocycles. The van der Waals surface area contributed by atoms with Crippen molar-refractivity contribution in [2.24, 2.45) is 5.73 Å². The smallest absolute Gasteiger partial charge is 0.376 e. The van der Waals surface area contributed by atoms with Gasteiger partial charge in [-0.2, -0.15) is 0 Å². The topological polar surface area (TPSA) is 70.8 Å². The Hall–Kier alpha value is -1.47. The predicted molar refractivity (Wildman–Crippen MR) is 84.5 cm³/mol. The van der Waals surface area contributed by atoms with Gasteiger partial charge in [-0.05, 0) is 23.6 Å². The molecule has 0 aromatic heterocycles. The standard InChI is InChI=1S/C15H23NO4Si/c1-5-14(21(18-2,19-3)20-4)13-9-6-12(7-10-13)8-11-15(16)17/h6-11,14H,5H2,1-4H3,(H2,16,17). The lowest BCUT2D eigenvalue weighted by Crippen LogP contribution is -2.49. The Labute approximate surface area is 127 Å². The highest BCUT2D eigenvalue weighted by molar-refractivity contribution is 6.62. The summed E-state index contributed by atoms with van der Waals surface area (Å²) >= 11 is 0. The third-order valence-electron chi connectivity index (χ3n) is 3.47. The van der Waals surface area contributed by atoms with E-state index in [9.17, 15) is 4.79 Å². The van der Waals surface area contributed by atoms with E-state index in [1.165, 1.54) is 6.08 Å². The number of nitrogens with two attached hydrogens (primary N) is 1. The van der Waals surface area contributed by atoms with Crippen molar-refractivity contribution in [3.05, 3.63) is 41.5 Å². The highest BCUT2D eigenvalue weighted by Crippen LogP contribution is 2.31. The zero-order valence-corrected chi connectivity index (χ0v) is 14.0. The van der Waals surface area contributed by atoms with Gasteiger partial charge in [0.2, 0.25) is 5.91 Å². The van der Waals surface area contributed by atoms with E-state index in [4.69, 9.17) is 19.0 Å². The first-order valence-corrected chi connectivity index (χ1v) is 8.56. The molecule has 21 heavy (non-hydrogen) atoms. The van der Waals surface area contributed by atoms with E-state index < -0.39 is 14.7 Å². The number of hydrogen-bond donors (Lipinski definition) is 1. The van der Waals surface area contributed by atoms with Gasteiger partial charge in [-0.25, -0.2) is 0 Å². The quantitative estimate of drug-likeness (QED) is 0.589. The molecule has 116 valence electrons. The summed E-state index contributed by atoms with van der Waals surface area (Å²) in [6.07, 6.45) is 3.86. The number of primary amides is 1. The van der Waals surface area contributed by atoms with Crippen LogP contribution in [0.15, 0.2) is 30.3 Å². The molecule has 0 spiro atoms. The average Bonchev–Trinajstić information content (AvgIpc) is 2.51. The van der Waals surface area contributed by atoms with Crippen LogP contribution in [-0.4, -0.2) is 36.0 Å². The fraction of sp³-hybridized carbons (Fsp3) is 0.400.